The van der Waals surface area contributed by atoms with Gasteiger partial charge in [0, 0.05) is 11.3 Å². The van der Waals surface area contributed by atoms with Crippen LogP contribution in [0.5, 0.6) is 0 Å². The third-order valence-electron chi connectivity index (χ3n) is 4.02. The van der Waals surface area contributed by atoms with Crippen molar-refractivity contribution in [3.05, 3.63) is 22.4 Å². The summed E-state index contributed by atoms with van der Waals surface area (Å²) < 4.78 is 0. The van der Waals surface area contributed by atoms with Gasteiger partial charge in [-0.2, -0.15) is 0 Å². The second-order valence-corrected chi connectivity index (χ2v) is 7.02. The maximum Gasteiger partial charge on any atom is 0.220 e. The van der Waals surface area contributed by atoms with E-state index in [-0.39, 0.29) is 11.9 Å². The van der Waals surface area contributed by atoms with Crippen LogP contribution in [0.3, 0.4) is 0 Å². The number of thiophene rings is 1. The fraction of sp³-hybridized carbons (Fsp3) is 0.706. The first-order valence-electron chi connectivity index (χ1n) is 8.11. The lowest BCUT2D eigenvalue weighted by Gasteiger charge is -2.21. The highest BCUT2D eigenvalue weighted by Gasteiger charge is 2.17. The van der Waals surface area contributed by atoms with Crippen molar-refractivity contribution in [3.8, 4) is 0 Å². The predicted molar refractivity (Wildman–Crippen MR) is 91.3 cm³/mol. The summed E-state index contributed by atoms with van der Waals surface area (Å²) in [5, 5.41) is 5.27. The van der Waals surface area contributed by atoms with Crippen LogP contribution in [-0.4, -0.2) is 12.5 Å². The van der Waals surface area contributed by atoms with Crippen LogP contribution in [0.1, 0.15) is 63.8 Å². The second kappa shape index (κ2) is 9.96. The molecule has 0 bridgehead atoms. The molecule has 0 saturated carbocycles. The van der Waals surface area contributed by atoms with E-state index in [1.54, 1.807) is 11.3 Å². The van der Waals surface area contributed by atoms with Crippen LogP contribution in [0.25, 0.3) is 0 Å². The molecule has 3 nitrogen and oxygen atoms in total. The van der Waals surface area contributed by atoms with E-state index in [4.69, 9.17) is 5.73 Å². The van der Waals surface area contributed by atoms with Crippen molar-refractivity contribution in [2.45, 2.75) is 58.9 Å². The zero-order chi connectivity index (χ0) is 15.7. The molecule has 3 N–H and O–H groups in total. The van der Waals surface area contributed by atoms with Crippen molar-refractivity contribution in [1.82, 2.24) is 5.32 Å². The molecular weight excluding hydrogens is 280 g/mol. The Hall–Kier alpha value is -0.870. The molecule has 1 aromatic rings. The first-order chi connectivity index (χ1) is 10.1. The number of amides is 1. The summed E-state index contributed by atoms with van der Waals surface area (Å²) in [4.78, 5) is 13.5. The summed E-state index contributed by atoms with van der Waals surface area (Å²) in [7, 11) is 0. The molecular formula is C17H30N2OS. The van der Waals surface area contributed by atoms with Gasteiger partial charge in [0.15, 0.2) is 0 Å². The molecule has 0 aliphatic rings. The van der Waals surface area contributed by atoms with Crippen LogP contribution in [0.4, 0.5) is 0 Å². The van der Waals surface area contributed by atoms with E-state index in [2.05, 4.69) is 37.5 Å². The molecule has 0 radical (unpaired) electrons. The molecule has 0 aromatic carbocycles. The summed E-state index contributed by atoms with van der Waals surface area (Å²) in [5.74, 6) is 1.31. The maximum atomic E-state index is 12.2. The molecule has 0 saturated heterocycles. The number of hydrogen-bond acceptors (Lipinski definition) is 3. The number of nitrogens with one attached hydrogen (secondary N) is 1. The summed E-state index contributed by atoms with van der Waals surface area (Å²) in [6, 6.07) is 4.33. The molecule has 0 aliphatic carbocycles. The van der Waals surface area contributed by atoms with Gasteiger partial charge < -0.3 is 11.1 Å². The van der Waals surface area contributed by atoms with Gasteiger partial charge in [-0.1, -0.05) is 33.3 Å². The molecule has 1 heterocycles. The molecule has 2 unspecified atom stereocenters. The Morgan fingerprint density at radius 2 is 2.10 bits per heavy atom. The van der Waals surface area contributed by atoms with E-state index in [0.29, 0.717) is 24.8 Å². The Morgan fingerprint density at radius 3 is 2.62 bits per heavy atom. The van der Waals surface area contributed by atoms with Gasteiger partial charge in [0.2, 0.25) is 5.91 Å². The molecule has 0 spiro atoms. The molecule has 2 atom stereocenters. The van der Waals surface area contributed by atoms with Gasteiger partial charge in [0.25, 0.3) is 0 Å². The van der Waals surface area contributed by atoms with Crippen LogP contribution in [-0.2, 0) is 4.79 Å². The minimum atomic E-state index is 0.171. The fourth-order valence-corrected chi connectivity index (χ4v) is 3.48. The molecule has 4 heteroatoms. The number of carbonyl (C=O) groups excluding carboxylic acids is 1. The van der Waals surface area contributed by atoms with Gasteiger partial charge in [-0.05, 0) is 49.1 Å². The first kappa shape index (κ1) is 18.2. The summed E-state index contributed by atoms with van der Waals surface area (Å²) in [6.45, 7) is 7.29. The van der Waals surface area contributed by atoms with Crippen molar-refractivity contribution >= 4 is 17.2 Å². The lowest BCUT2D eigenvalue weighted by molar-refractivity contribution is -0.122. The van der Waals surface area contributed by atoms with Gasteiger partial charge in [-0.15, -0.1) is 11.3 Å². The van der Waals surface area contributed by atoms with Crippen molar-refractivity contribution < 1.29 is 4.79 Å². The quantitative estimate of drug-likeness (QED) is 0.683. The number of carbonyl (C=O) groups is 1. The normalized spacial score (nSPS) is 14.1. The zero-order valence-electron chi connectivity index (χ0n) is 13.6. The lowest BCUT2D eigenvalue weighted by atomic mass is 9.88. The first-order valence-corrected chi connectivity index (χ1v) is 8.99. The average Bonchev–Trinajstić information content (AvgIpc) is 2.96. The standard InChI is InChI=1S/C17H30N2OS/c1-4-6-15(16-7-5-12-21-16)19-17(20)9-8-14(10-11-18)13(2)3/h5,7,12-15H,4,6,8-11,18H2,1-3H3,(H,19,20). The highest BCUT2D eigenvalue weighted by atomic mass is 32.1. The minimum absolute atomic E-state index is 0.171. The van der Waals surface area contributed by atoms with E-state index in [0.717, 1.165) is 25.7 Å². The topological polar surface area (TPSA) is 55.1 Å². The molecule has 0 aliphatic heterocycles. The predicted octanol–water partition coefficient (Wildman–Crippen LogP) is 4.11. The van der Waals surface area contributed by atoms with E-state index >= 15 is 0 Å². The van der Waals surface area contributed by atoms with Gasteiger partial charge in [0.05, 0.1) is 6.04 Å². The summed E-state index contributed by atoms with van der Waals surface area (Å²) in [6.07, 6.45) is 4.62. The Labute approximate surface area is 133 Å². The monoisotopic (exact) mass is 310 g/mol. The van der Waals surface area contributed by atoms with Crippen LogP contribution in [0, 0.1) is 11.8 Å². The molecule has 120 valence electrons. The Balaban J connectivity index is 2.47. The average molecular weight is 311 g/mol. The van der Waals surface area contributed by atoms with Gasteiger partial charge >= 0.3 is 0 Å². The van der Waals surface area contributed by atoms with E-state index in [1.807, 2.05) is 6.07 Å². The third-order valence-corrected chi connectivity index (χ3v) is 5.01. The largest absolute Gasteiger partial charge is 0.348 e. The minimum Gasteiger partial charge on any atom is -0.348 e. The number of nitrogens with two attached hydrogens (primary N) is 1. The number of rotatable bonds is 10. The SMILES string of the molecule is CCCC(NC(=O)CCC(CCN)C(C)C)c1cccs1. The summed E-state index contributed by atoms with van der Waals surface area (Å²) >= 11 is 1.72. The third kappa shape index (κ3) is 6.62. The van der Waals surface area contributed by atoms with Gasteiger partial charge in [0.1, 0.15) is 0 Å². The fourth-order valence-electron chi connectivity index (χ4n) is 2.67. The maximum absolute atomic E-state index is 12.2. The van der Waals surface area contributed by atoms with Crippen molar-refractivity contribution in [3.63, 3.8) is 0 Å². The van der Waals surface area contributed by atoms with E-state index in [1.165, 1.54) is 4.88 Å². The molecule has 0 fully saturated rings. The molecule has 1 amide bonds. The highest BCUT2D eigenvalue weighted by Crippen LogP contribution is 2.24. The zero-order valence-corrected chi connectivity index (χ0v) is 14.4. The smallest absolute Gasteiger partial charge is 0.220 e. The van der Waals surface area contributed by atoms with Crippen molar-refractivity contribution in [1.29, 1.82) is 0 Å². The Kier molecular flexibility index (Phi) is 8.62. The Morgan fingerprint density at radius 1 is 1.33 bits per heavy atom. The van der Waals surface area contributed by atoms with Crippen molar-refractivity contribution in [2.24, 2.45) is 17.6 Å². The van der Waals surface area contributed by atoms with Gasteiger partial charge in [-0.3, -0.25) is 4.79 Å². The summed E-state index contributed by atoms with van der Waals surface area (Å²) in [5.41, 5.74) is 5.66. The van der Waals surface area contributed by atoms with Crippen LogP contribution >= 0.6 is 11.3 Å². The molecule has 21 heavy (non-hydrogen) atoms. The Bertz CT molecular complexity index is 390. The highest BCUT2D eigenvalue weighted by molar-refractivity contribution is 7.10. The van der Waals surface area contributed by atoms with Crippen molar-refractivity contribution in [2.75, 3.05) is 6.54 Å². The lowest BCUT2D eigenvalue weighted by Crippen LogP contribution is -2.28. The number of hydrogen-bond donors (Lipinski definition) is 2. The van der Waals surface area contributed by atoms with Crippen LogP contribution < -0.4 is 11.1 Å². The van der Waals surface area contributed by atoms with Gasteiger partial charge in [-0.25, -0.2) is 0 Å². The molecule has 1 aromatic heterocycles. The van der Waals surface area contributed by atoms with E-state index in [9.17, 15) is 4.79 Å². The van der Waals surface area contributed by atoms with Crippen LogP contribution in [0.15, 0.2) is 17.5 Å². The second-order valence-electron chi connectivity index (χ2n) is 6.04. The van der Waals surface area contributed by atoms with Crippen LogP contribution in [0.2, 0.25) is 0 Å². The van der Waals surface area contributed by atoms with E-state index < -0.39 is 0 Å². The molecule has 1 rings (SSSR count).